The quantitative estimate of drug-likeness (QED) is 0.471. The van der Waals surface area contributed by atoms with Crippen molar-refractivity contribution in [2.75, 3.05) is 32.2 Å². The summed E-state index contributed by atoms with van der Waals surface area (Å²) in [6, 6.07) is 5.09. The van der Waals surface area contributed by atoms with Crippen molar-refractivity contribution in [3.63, 3.8) is 0 Å². The molecule has 0 atom stereocenters. The molecule has 7 nitrogen and oxygen atoms in total. The number of nitrogen functional groups attached to an aromatic ring is 1. The molecule has 1 heterocycles. The van der Waals surface area contributed by atoms with Gasteiger partial charge in [-0.2, -0.15) is 0 Å². The molecule has 1 aliphatic rings. The molecule has 7 heteroatoms. The third-order valence-corrected chi connectivity index (χ3v) is 3.78. The average Bonchev–Trinajstić information content (AvgIpc) is 2.48. The second-order valence-corrected chi connectivity index (χ2v) is 5.51. The molecule has 0 saturated carbocycles. The van der Waals surface area contributed by atoms with Crippen molar-refractivity contribution in [3.8, 4) is 0 Å². The summed E-state index contributed by atoms with van der Waals surface area (Å²) in [6.07, 6.45) is 2.17. The highest BCUT2D eigenvalue weighted by atomic mass is 16.6. The summed E-state index contributed by atoms with van der Waals surface area (Å²) in [5.74, 6) is 5.93. The lowest BCUT2D eigenvalue weighted by Crippen LogP contribution is -2.29. The number of benzene rings is 1. The summed E-state index contributed by atoms with van der Waals surface area (Å²) in [5.41, 5.74) is 3.60. The topological polar surface area (TPSA) is 93.7 Å². The predicted octanol–water partition coefficient (Wildman–Crippen LogP) is 1.74. The fourth-order valence-electron chi connectivity index (χ4n) is 2.69. The van der Waals surface area contributed by atoms with Crippen LogP contribution in [0.2, 0.25) is 0 Å². The van der Waals surface area contributed by atoms with E-state index in [9.17, 15) is 10.1 Å². The molecule has 0 unspecified atom stereocenters. The molecule has 3 N–H and O–H groups in total. The molecule has 0 aromatic heterocycles. The first kappa shape index (κ1) is 15.7. The van der Waals surface area contributed by atoms with Gasteiger partial charge in [-0.15, -0.1) is 0 Å². The summed E-state index contributed by atoms with van der Waals surface area (Å²) in [4.78, 5) is 12.8. The van der Waals surface area contributed by atoms with Crippen LogP contribution in [0.3, 0.4) is 0 Å². The van der Waals surface area contributed by atoms with Crippen molar-refractivity contribution in [3.05, 3.63) is 33.9 Å². The number of nitro benzene ring substituents is 1. The van der Waals surface area contributed by atoms with Gasteiger partial charge in [0.15, 0.2) is 0 Å². The van der Waals surface area contributed by atoms with Crippen molar-refractivity contribution in [2.45, 2.75) is 19.4 Å². The molecule has 0 amide bonds. The highest BCUT2D eigenvalue weighted by molar-refractivity contribution is 5.61. The van der Waals surface area contributed by atoms with Crippen molar-refractivity contribution in [2.24, 2.45) is 11.8 Å². The molecule has 2 rings (SSSR count). The molecular formula is C14H22N4O3. The van der Waals surface area contributed by atoms with Gasteiger partial charge in [0.25, 0.3) is 5.69 Å². The van der Waals surface area contributed by atoms with E-state index in [2.05, 4.69) is 10.3 Å². The lowest BCUT2D eigenvalue weighted by atomic mass is 9.99. The Labute approximate surface area is 124 Å². The number of ether oxygens (including phenoxy) is 1. The van der Waals surface area contributed by atoms with Crippen LogP contribution in [0, 0.1) is 16.0 Å². The zero-order valence-electron chi connectivity index (χ0n) is 12.2. The van der Waals surface area contributed by atoms with Gasteiger partial charge in [-0.05, 0) is 37.4 Å². The van der Waals surface area contributed by atoms with E-state index in [-0.39, 0.29) is 5.69 Å². The molecule has 1 saturated heterocycles. The number of anilines is 1. The SMILES string of the molecule is CN(Cc1ccc(NN)c([N+](=O)[O-])c1)CC1CCOCC1. The summed E-state index contributed by atoms with van der Waals surface area (Å²) in [6.45, 7) is 3.33. The van der Waals surface area contributed by atoms with Crippen LogP contribution in [0.1, 0.15) is 18.4 Å². The summed E-state index contributed by atoms with van der Waals surface area (Å²) in [7, 11) is 2.04. The van der Waals surface area contributed by atoms with Crippen molar-refractivity contribution in [1.29, 1.82) is 0 Å². The van der Waals surface area contributed by atoms with Gasteiger partial charge in [0.05, 0.1) is 4.92 Å². The molecule has 1 aromatic rings. The van der Waals surface area contributed by atoms with E-state index < -0.39 is 4.92 Å². The van der Waals surface area contributed by atoms with E-state index in [1.807, 2.05) is 13.1 Å². The van der Waals surface area contributed by atoms with E-state index in [0.717, 1.165) is 38.2 Å². The number of hydrogen-bond donors (Lipinski definition) is 2. The Morgan fingerprint density at radius 2 is 2.19 bits per heavy atom. The van der Waals surface area contributed by atoms with Crippen LogP contribution in [0.5, 0.6) is 0 Å². The van der Waals surface area contributed by atoms with Crippen molar-refractivity contribution in [1.82, 2.24) is 4.90 Å². The van der Waals surface area contributed by atoms with Crippen LogP contribution in [0.4, 0.5) is 11.4 Å². The molecule has 1 aliphatic heterocycles. The van der Waals surface area contributed by atoms with Crippen molar-refractivity contribution < 1.29 is 9.66 Å². The third-order valence-electron chi connectivity index (χ3n) is 3.78. The van der Waals surface area contributed by atoms with Gasteiger partial charge in [-0.1, -0.05) is 6.07 Å². The number of hydrazine groups is 1. The lowest BCUT2D eigenvalue weighted by molar-refractivity contribution is -0.384. The second-order valence-electron chi connectivity index (χ2n) is 5.51. The summed E-state index contributed by atoms with van der Waals surface area (Å²) < 4.78 is 5.35. The molecule has 1 fully saturated rings. The second kappa shape index (κ2) is 7.35. The van der Waals surface area contributed by atoms with Crippen LogP contribution in [0.25, 0.3) is 0 Å². The van der Waals surface area contributed by atoms with Gasteiger partial charge < -0.3 is 15.1 Å². The molecule has 1 aromatic carbocycles. The normalized spacial score (nSPS) is 16.1. The van der Waals surface area contributed by atoms with Gasteiger partial charge >= 0.3 is 0 Å². The number of hydrogen-bond acceptors (Lipinski definition) is 6. The Kier molecular flexibility index (Phi) is 5.49. The molecule has 21 heavy (non-hydrogen) atoms. The Morgan fingerprint density at radius 3 is 2.81 bits per heavy atom. The zero-order valence-corrected chi connectivity index (χ0v) is 12.2. The first-order chi connectivity index (χ1) is 10.1. The van der Waals surface area contributed by atoms with Crippen LogP contribution >= 0.6 is 0 Å². The Morgan fingerprint density at radius 1 is 1.48 bits per heavy atom. The van der Waals surface area contributed by atoms with E-state index >= 15 is 0 Å². The van der Waals surface area contributed by atoms with E-state index in [4.69, 9.17) is 10.6 Å². The standard InChI is InChI=1S/C14H22N4O3/c1-17(9-11-4-6-21-7-5-11)10-12-2-3-13(16-15)14(8-12)18(19)20/h2-3,8,11,16H,4-7,9-10,15H2,1H3. The monoisotopic (exact) mass is 294 g/mol. The average molecular weight is 294 g/mol. The molecule has 116 valence electrons. The lowest BCUT2D eigenvalue weighted by Gasteiger charge is -2.27. The molecule has 0 radical (unpaired) electrons. The van der Waals surface area contributed by atoms with Gasteiger partial charge in [-0.25, -0.2) is 0 Å². The zero-order chi connectivity index (χ0) is 15.2. The fraction of sp³-hybridized carbons (Fsp3) is 0.571. The molecule has 0 bridgehead atoms. The molecule has 0 aliphatic carbocycles. The number of nitrogens with one attached hydrogen (secondary N) is 1. The van der Waals surface area contributed by atoms with Crippen LogP contribution in [-0.2, 0) is 11.3 Å². The maximum Gasteiger partial charge on any atom is 0.293 e. The van der Waals surface area contributed by atoms with Crippen LogP contribution in [0.15, 0.2) is 18.2 Å². The van der Waals surface area contributed by atoms with Crippen LogP contribution < -0.4 is 11.3 Å². The number of nitrogens with two attached hydrogens (primary N) is 1. The first-order valence-corrected chi connectivity index (χ1v) is 7.10. The third kappa shape index (κ3) is 4.38. The maximum atomic E-state index is 11.0. The van der Waals surface area contributed by atoms with Gasteiger partial charge in [-0.3, -0.25) is 16.0 Å². The summed E-state index contributed by atoms with van der Waals surface area (Å²) >= 11 is 0. The van der Waals surface area contributed by atoms with Gasteiger partial charge in [0, 0.05) is 32.4 Å². The minimum atomic E-state index is -0.419. The Balaban J connectivity index is 1.98. The van der Waals surface area contributed by atoms with Crippen molar-refractivity contribution >= 4 is 11.4 Å². The smallest absolute Gasteiger partial charge is 0.293 e. The molecule has 0 spiro atoms. The van der Waals surface area contributed by atoms with E-state index in [0.29, 0.717) is 18.2 Å². The van der Waals surface area contributed by atoms with E-state index in [1.54, 1.807) is 12.1 Å². The predicted molar refractivity (Wildman–Crippen MR) is 80.8 cm³/mol. The van der Waals surface area contributed by atoms with Gasteiger partial charge in [0.2, 0.25) is 0 Å². The molecular weight excluding hydrogens is 272 g/mol. The van der Waals surface area contributed by atoms with Crippen LogP contribution in [-0.4, -0.2) is 36.6 Å². The number of nitro groups is 1. The van der Waals surface area contributed by atoms with Gasteiger partial charge in [0.1, 0.15) is 5.69 Å². The Hall–Kier alpha value is -1.70. The largest absolute Gasteiger partial charge is 0.381 e. The number of nitrogens with zero attached hydrogens (tertiary/aromatic N) is 2. The Bertz CT molecular complexity index is 489. The highest BCUT2D eigenvalue weighted by Crippen LogP contribution is 2.25. The highest BCUT2D eigenvalue weighted by Gasteiger charge is 2.17. The number of rotatable bonds is 6. The fourth-order valence-corrected chi connectivity index (χ4v) is 2.69. The van der Waals surface area contributed by atoms with E-state index in [1.165, 1.54) is 0 Å². The minimum Gasteiger partial charge on any atom is -0.381 e. The first-order valence-electron chi connectivity index (χ1n) is 7.10. The minimum absolute atomic E-state index is 0.00877. The maximum absolute atomic E-state index is 11.0. The summed E-state index contributed by atoms with van der Waals surface area (Å²) in [5, 5.41) is 11.0.